The van der Waals surface area contributed by atoms with Gasteiger partial charge in [0.1, 0.15) is 0 Å². The lowest BCUT2D eigenvalue weighted by Crippen LogP contribution is -2.65. The SMILES string of the molecule is C=C(CC1(C)CC2CC3CC(C1)C32C)Nc1cccc(C=O)c1/C=C\C.CC.CCCCC(CC)CCC. The number of allylic oxidation sites excluding steroid dienone is 2. The monoisotopic (exact) mass is 521 g/mol. The lowest BCUT2D eigenvalue weighted by atomic mass is 9.32. The molecule has 3 aliphatic rings. The van der Waals surface area contributed by atoms with Crippen molar-refractivity contribution in [3.63, 3.8) is 0 Å². The summed E-state index contributed by atoms with van der Waals surface area (Å²) in [5, 5.41) is 3.52. The minimum absolute atomic E-state index is 0.355. The number of aldehydes is 1. The lowest BCUT2D eigenvalue weighted by Gasteiger charge is -2.73. The molecule has 3 fully saturated rings. The van der Waals surface area contributed by atoms with Gasteiger partial charge in [-0.1, -0.05) is 118 Å². The highest BCUT2D eigenvalue weighted by molar-refractivity contribution is 5.87. The molecule has 38 heavy (non-hydrogen) atoms. The predicted octanol–water partition coefficient (Wildman–Crippen LogP) is 11.3. The minimum Gasteiger partial charge on any atom is -0.359 e. The number of unbranched alkanes of at least 4 members (excludes halogenated alkanes) is 1. The molecule has 3 aliphatic carbocycles. The summed E-state index contributed by atoms with van der Waals surface area (Å²) in [5.74, 6) is 3.90. The highest BCUT2D eigenvalue weighted by Crippen LogP contribution is 2.75. The van der Waals surface area contributed by atoms with Crippen LogP contribution in [-0.4, -0.2) is 6.29 Å². The third-order valence-corrected chi connectivity index (χ3v) is 10.0. The second-order valence-electron chi connectivity index (χ2n) is 12.7. The Morgan fingerprint density at radius 3 is 2.21 bits per heavy atom. The Hall–Kier alpha value is -1.83. The van der Waals surface area contributed by atoms with Crippen molar-refractivity contribution in [3.8, 4) is 0 Å². The third-order valence-electron chi connectivity index (χ3n) is 10.0. The van der Waals surface area contributed by atoms with Crippen LogP contribution in [0, 0.1) is 34.5 Å². The van der Waals surface area contributed by atoms with Gasteiger partial charge in [-0.3, -0.25) is 4.79 Å². The second-order valence-corrected chi connectivity index (χ2v) is 12.7. The largest absolute Gasteiger partial charge is 0.359 e. The topological polar surface area (TPSA) is 29.1 Å². The molecule has 3 atom stereocenters. The van der Waals surface area contributed by atoms with Gasteiger partial charge in [-0.2, -0.15) is 0 Å². The van der Waals surface area contributed by atoms with Crippen molar-refractivity contribution in [3.05, 3.63) is 47.7 Å². The predicted molar refractivity (Wildman–Crippen MR) is 169 cm³/mol. The summed E-state index contributed by atoms with van der Waals surface area (Å²) < 4.78 is 0. The smallest absolute Gasteiger partial charge is 0.150 e. The molecule has 0 heterocycles. The van der Waals surface area contributed by atoms with Crippen molar-refractivity contribution in [2.45, 2.75) is 126 Å². The Bertz CT molecular complexity index is 896. The molecule has 3 unspecified atom stereocenters. The molecule has 1 N–H and O–H groups in total. The zero-order chi connectivity index (χ0) is 28.3. The molecule has 0 spiro atoms. The van der Waals surface area contributed by atoms with Gasteiger partial charge in [0.15, 0.2) is 6.29 Å². The summed E-state index contributed by atoms with van der Waals surface area (Å²) in [4.78, 5) is 11.4. The van der Waals surface area contributed by atoms with E-state index in [0.29, 0.717) is 10.8 Å². The molecule has 0 aromatic heterocycles. The van der Waals surface area contributed by atoms with Crippen molar-refractivity contribution in [2.75, 3.05) is 5.32 Å². The van der Waals surface area contributed by atoms with Gasteiger partial charge < -0.3 is 5.32 Å². The van der Waals surface area contributed by atoms with E-state index in [1.807, 2.05) is 51.1 Å². The van der Waals surface area contributed by atoms with Crippen LogP contribution in [0.3, 0.4) is 0 Å². The van der Waals surface area contributed by atoms with Crippen LogP contribution in [0.4, 0.5) is 5.69 Å². The van der Waals surface area contributed by atoms with Crippen LogP contribution in [-0.2, 0) is 0 Å². The van der Waals surface area contributed by atoms with E-state index in [0.717, 1.165) is 58.9 Å². The van der Waals surface area contributed by atoms with Crippen LogP contribution in [0.25, 0.3) is 6.08 Å². The maximum Gasteiger partial charge on any atom is 0.150 e. The van der Waals surface area contributed by atoms with Gasteiger partial charge in [-0.05, 0) is 79.6 Å². The first kappa shape index (κ1) is 32.4. The minimum atomic E-state index is 0.355. The van der Waals surface area contributed by atoms with E-state index in [1.165, 1.54) is 64.2 Å². The molecule has 0 saturated heterocycles. The molecule has 1 aromatic carbocycles. The summed E-state index contributed by atoms with van der Waals surface area (Å²) in [6, 6.07) is 5.84. The van der Waals surface area contributed by atoms with E-state index in [1.54, 1.807) is 0 Å². The van der Waals surface area contributed by atoms with Crippen molar-refractivity contribution in [1.29, 1.82) is 0 Å². The number of rotatable bonds is 12. The van der Waals surface area contributed by atoms with Crippen LogP contribution < -0.4 is 5.32 Å². The molecule has 0 aliphatic heterocycles. The molecule has 4 rings (SSSR count). The highest BCUT2D eigenvalue weighted by Gasteiger charge is 2.67. The molecule has 1 aromatic rings. The third kappa shape index (κ3) is 7.42. The van der Waals surface area contributed by atoms with Crippen LogP contribution in [0.5, 0.6) is 0 Å². The van der Waals surface area contributed by atoms with Crippen molar-refractivity contribution < 1.29 is 4.79 Å². The summed E-state index contributed by atoms with van der Waals surface area (Å²) in [6.07, 6.45) is 19.9. The van der Waals surface area contributed by atoms with Crippen molar-refractivity contribution in [2.24, 2.45) is 34.5 Å². The first-order valence-electron chi connectivity index (χ1n) is 15.9. The van der Waals surface area contributed by atoms with Gasteiger partial charge in [-0.15, -0.1) is 0 Å². The number of anilines is 1. The van der Waals surface area contributed by atoms with Gasteiger partial charge in [0, 0.05) is 22.5 Å². The summed E-state index contributed by atoms with van der Waals surface area (Å²) in [5.41, 5.74) is 4.75. The number of benzene rings is 1. The standard InChI is InChI=1S/C24H31NO.C10H22.C2H6/c1-5-7-21-17(15-26)8-6-9-22(21)25-16(2)12-23(3)13-19-10-18-11-20(14-23)24(18,19)4;1-4-7-9-10(6-3)8-5-2;1-2/h5-9,15,18-20,25H,2,10-14H2,1,3-4H3;10H,4-9H2,1-3H3;1-2H3/b7-5-;;. The lowest BCUT2D eigenvalue weighted by molar-refractivity contribution is -0.236. The van der Waals surface area contributed by atoms with Gasteiger partial charge in [0.05, 0.1) is 0 Å². The van der Waals surface area contributed by atoms with E-state index in [9.17, 15) is 4.79 Å². The number of nitrogens with one attached hydrogen (secondary N) is 1. The maximum atomic E-state index is 11.4. The van der Waals surface area contributed by atoms with E-state index in [-0.39, 0.29) is 0 Å². The van der Waals surface area contributed by atoms with E-state index in [4.69, 9.17) is 0 Å². The molecule has 2 heteroatoms. The number of hydrogen-bond acceptors (Lipinski definition) is 2. The Morgan fingerprint density at radius 2 is 1.71 bits per heavy atom. The molecule has 0 amide bonds. The van der Waals surface area contributed by atoms with E-state index < -0.39 is 0 Å². The van der Waals surface area contributed by atoms with Crippen molar-refractivity contribution >= 4 is 18.0 Å². The Kier molecular flexibility index (Phi) is 12.9. The Balaban J connectivity index is 0.000000360. The zero-order valence-corrected chi connectivity index (χ0v) is 26.2. The fourth-order valence-electron chi connectivity index (χ4n) is 7.85. The number of hydrogen-bond donors (Lipinski definition) is 1. The second kappa shape index (κ2) is 15.1. The van der Waals surface area contributed by atoms with Gasteiger partial charge in [0.2, 0.25) is 0 Å². The fraction of sp³-hybridized carbons (Fsp3) is 0.694. The van der Waals surface area contributed by atoms with Gasteiger partial charge in [0.25, 0.3) is 0 Å². The summed E-state index contributed by atoms with van der Waals surface area (Å²) in [6.45, 7) is 22.2. The molecule has 214 valence electrons. The Morgan fingerprint density at radius 1 is 1.05 bits per heavy atom. The molecular weight excluding hydrogens is 462 g/mol. The number of carbonyl (C=O) groups excluding carboxylic acids is 1. The first-order valence-corrected chi connectivity index (χ1v) is 15.9. The van der Waals surface area contributed by atoms with Crippen LogP contribution >= 0.6 is 0 Å². The van der Waals surface area contributed by atoms with Crippen LogP contribution in [0.2, 0.25) is 0 Å². The molecule has 0 bridgehead atoms. The first-order chi connectivity index (χ1) is 18.2. The molecule has 3 saturated carbocycles. The summed E-state index contributed by atoms with van der Waals surface area (Å²) in [7, 11) is 0. The normalized spacial score (nSPS) is 29.3. The fourth-order valence-corrected chi connectivity index (χ4v) is 7.85. The quantitative estimate of drug-likeness (QED) is 0.277. The average molecular weight is 522 g/mol. The Labute approximate surface area is 236 Å². The van der Waals surface area contributed by atoms with Gasteiger partial charge in [-0.25, -0.2) is 0 Å². The van der Waals surface area contributed by atoms with E-state index in [2.05, 4.69) is 46.5 Å². The van der Waals surface area contributed by atoms with E-state index >= 15 is 0 Å². The van der Waals surface area contributed by atoms with Crippen LogP contribution in [0.15, 0.2) is 36.6 Å². The zero-order valence-electron chi connectivity index (χ0n) is 26.2. The van der Waals surface area contributed by atoms with Crippen molar-refractivity contribution in [1.82, 2.24) is 0 Å². The van der Waals surface area contributed by atoms with Gasteiger partial charge >= 0.3 is 0 Å². The molecule has 2 nitrogen and oxygen atoms in total. The maximum absolute atomic E-state index is 11.4. The highest BCUT2D eigenvalue weighted by atomic mass is 16.1. The molecular formula is C36H59NO. The summed E-state index contributed by atoms with van der Waals surface area (Å²) >= 11 is 0. The van der Waals surface area contributed by atoms with Crippen LogP contribution in [0.1, 0.15) is 142 Å². The number of carbonyl (C=O) groups is 1. The average Bonchev–Trinajstić information content (AvgIpc) is 2.90. The molecule has 0 radical (unpaired) electrons.